The van der Waals surface area contributed by atoms with Gasteiger partial charge >= 0.3 is 5.97 Å². The molecule has 0 heterocycles. The molecule has 1 rings (SSSR count). The normalized spacial score (nSPS) is 12.4. The quantitative estimate of drug-likeness (QED) is 0.466. The second-order valence-electron chi connectivity index (χ2n) is 5.03. The number of aromatic hydroxyl groups is 3. The number of nitrogens with one attached hydrogen (secondary N) is 1. The van der Waals surface area contributed by atoms with Gasteiger partial charge in [0.1, 0.15) is 6.04 Å². The molecule has 0 spiro atoms. The predicted molar refractivity (Wildman–Crippen MR) is 73.5 cm³/mol. The minimum atomic E-state index is -0.567. The van der Waals surface area contributed by atoms with Crippen LogP contribution >= 0.6 is 0 Å². The Morgan fingerprint density at radius 3 is 2.45 bits per heavy atom. The summed E-state index contributed by atoms with van der Waals surface area (Å²) in [7, 11) is 1.32. The van der Waals surface area contributed by atoms with Gasteiger partial charge in [-0.25, -0.2) is 0 Å². The van der Waals surface area contributed by atoms with Crippen LogP contribution in [-0.2, 0) is 16.1 Å². The van der Waals surface area contributed by atoms with Gasteiger partial charge in [-0.15, -0.1) is 0 Å². The van der Waals surface area contributed by atoms with Crippen LogP contribution in [0.2, 0.25) is 0 Å². The maximum Gasteiger partial charge on any atom is 0.322 e. The molecule has 112 valence electrons. The van der Waals surface area contributed by atoms with E-state index in [0.29, 0.717) is 17.9 Å². The van der Waals surface area contributed by atoms with E-state index >= 15 is 0 Å². The lowest BCUT2D eigenvalue weighted by Crippen LogP contribution is -2.38. The van der Waals surface area contributed by atoms with E-state index < -0.39 is 23.3 Å². The summed E-state index contributed by atoms with van der Waals surface area (Å²) in [5, 5.41) is 31.4. The molecule has 0 bridgehead atoms. The highest BCUT2D eigenvalue weighted by Crippen LogP contribution is 2.36. The van der Waals surface area contributed by atoms with E-state index in [1.54, 1.807) is 0 Å². The van der Waals surface area contributed by atoms with Crippen LogP contribution < -0.4 is 5.32 Å². The smallest absolute Gasteiger partial charge is 0.322 e. The van der Waals surface area contributed by atoms with E-state index in [9.17, 15) is 20.1 Å². The van der Waals surface area contributed by atoms with Gasteiger partial charge in [0.25, 0.3) is 0 Å². The Morgan fingerprint density at radius 2 is 1.90 bits per heavy atom. The van der Waals surface area contributed by atoms with Gasteiger partial charge < -0.3 is 25.4 Å². The summed E-state index contributed by atoms with van der Waals surface area (Å²) in [4.78, 5) is 11.6. The third-order valence-corrected chi connectivity index (χ3v) is 2.95. The molecule has 0 saturated carbocycles. The standard InChI is InChI=1S/C14H21NO5/c1-8(2)6-10(14(19)20-3)15-7-9-4-5-11(16)13(18)12(9)17/h4-5,8,10,15-18H,6-7H2,1-3H3. The molecule has 0 radical (unpaired) electrons. The van der Waals surface area contributed by atoms with Crippen molar-refractivity contribution in [1.82, 2.24) is 5.32 Å². The monoisotopic (exact) mass is 283 g/mol. The fourth-order valence-corrected chi connectivity index (χ4v) is 1.86. The van der Waals surface area contributed by atoms with Gasteiger partial charge in [-0.1, -0.05) is 19.9 Å². The second kappa shape index (κ2) is 7.00. The summed E-state index contributed by atoms with van der Waals surface area (Å²) in [6.45, 7) is 4.15. The van der Waals surface area contributed by atoms with Crippen LogP contribution in [0.4, 0.5) is 0 Å². The Morgan fingerprint density at radius 1 is 1.25 bits per heavy atom. The molecule has 0 fully saturated rings. The van der Waals surface area contributed by atoms with Crippen LogP contribution in [0.3, 0.4) is 0 Å². The molecule has 1 aromatic rings. The Bertz CT molecular complexity index is 473. The van der Waals surface area contributed by atoms with Crippen LogP contribution in [0.15, 0.2) is 12.1 Å². The molecular weight excluding hydrogens is 262 g/mol. The number of methoxy groups -OCH3 is 1. The lowest BCUT2D eigenvalue weighted by molar-refractivity contribution is -0.143. The summed E-state index contributed by atoms with van der Waals surface area (Å²) in [5.74, 6) is -1.43. The number of benzene rings is 1. The minimum Gasteiger partial charge on any atom is -0.504 e. The van der Waals surface area contributed by atoms with Crippen molar-refractivity contribution in [2.24, 2.45) is 5.92 Å². The summed E-state index contributed by atoms with van der Waals surface area (Å²) >= 11 is 0. The fourth-order valence-electron chi connectivity index (χ4n) is 1.86. The number of hydrogen-bond acceptors (Lipinski definition) is 6. The molecular formula is C14H21NO5. The van der Waals surface area contributed by atoms with E-state index in [2.05, 4.69) is 5.32 Å². The highest BCUT2D eigenvalue weighted by molar-refractivity contribution is 5.75. The number of phenols is 3. The number of phenolic OH excluding ortho intramolecular Hbond substituents is 3. The van der Waals surface area contributed by atoms with E-state index in [1.807, 2.05) is 13.8 Å². The number of esters is 1. The molecule has 0 amide bonds. The van der Waals surface area contributed by atoms with Crippen LogP contribution in [0, 0.1) is 5.92 Å². The summed E-state index contributed by atoms with van der Waals surface area (Å²) in [6.07, 6.45) is 0.595. The lowest BCUT2D eigenvalue weighted by atomic mass is 10.0. The van der Waals surface area contributed by atoms with Crippen molar-refractivity contribution in [3.63, 3.8) is 0 Å². The van der Waals surface area contributed by atoms with Gasteiger partial charge in [0.05, 0.1) is 7.11 Å². The van der Waals surface area contributed by atoms with Gasteiger partial charge in [-0.2, -0.15) is 0 Å². The number of rotatable bonds is 6. The number of carbonyl (C=O) groups is 1. The maximum absolute atomic E-state index is 11.6. The summed E-state index contributed by atoms with van der Waals surface area (Å²) in [6, 6.07) is 2.26. The van der Waals surface area contributed by atoms with Crippen LogP contribution in [0.1, 0.15) is 25.8 Å². The summed E-state index contributed by atoms with van der Waals surface area (Å²) in [5.41, 5.74) is 0.387. The Balaban J connectivity index is 2.77. The van der Waals surface area contributed by atoms with Crippen LogP contribution in [-0.4, -0.2) is 34.4 Å². The number of ether oxygens (including phenoxy) is 1. The van der Waals surface area contributed by atoms with Crippen molar-refractivity contribution >= 4 is 5.97 Å². The lowest BCUT2D eigenvalue weighted by Gasteiger charge is -2.18. The molecule has 1 unspecified atom stereocenters. The highest BCUT2D eigenvalue weighted by atomic mass is 16.5. The third-order valence-electron chi connectivity index (χ3n) is 2.95. The summed E-state index contributed by atoms with van der Waals surface area (Å²) < 4.78 is 4.72. The Hall–Kier alpha value is -1.95. The molecule has 0 saturated heterocycles. The van der Waals surface area contributed by atoms with E-state index in [0.717, 1.165) is 0 Å². The van der Waals surface area contributed by atoms with Gasteiger partial charge in [-0.05, 0) is 18.4 Å². The largest absolute Gasteiger partial charge is 0.504 e. The zero-order chi connectivity index (χ0) is 15.3. The second-order valence-corrected chi connectivity index (χ2v) is 5.03. The van der Waals surface area contributed by atoms with Crippen LogP contribution in [0.5, 0.6) is 17.2 Å². The van der Waals surface area contributed by atoms with Gasteiger partial charge in [-0.3, -0.25) is 4.79 Å². The average Bonchev–Trinajstić information content (AvgIpc) is 2.41. The average molecular weight is 283 g/mol. The van der Waals surface area contributed by atoms with E-state index in [-0.39, 0.29) is 12.5 Å². The van der Waals surface area contributed by atoms with Gasteiger partial charge in [0.15, 0.2) is 11.5 Å². The van der Waals surface area contributed by atoms with Crippen molar-refractivity contribution in [3.8, 4) is 17.2 Å². The van der Waals surface area contributed by atoms with E-state index in [1.165, 1.54) is 19.2 Å². The Kier molecular flexibility index (Phi) is 5.64. The SMILES string of the molecule is COC(=O)C(CC(C)C)NCc1ccc(O)c(O)c1O. The van der Waals surface area contributed by atoms with Crippen LogP contribution in [0.25, 0.3) is 0 Å². The van der Waals surface area contributed by atoms with Crippen molar-refractivity contribution in [2.45, 2.75) is 32.9 Å². The first-order valence-electron chi connectivity index (χ1n) is 6.40. The minimum absolute atomic E-state index is 0.173. The van der Waals surface area contributed by atoms with Gasteiger partial charge in [0.2, 0.25) is 5.75 Å². The molecule has 1 aromatic carbocycles. The predicted octanol–water partition coefficient (Wildman–Crippen LogP) is 1.48. The molecule has 4 N–H and O–H groups in total. The van der Waals surface area contributed by atoms with Crippen molar-refractivity contribution in [1.29, 1.82) is 0 Å². The van der Waals surface area contributed by atoms with Gasteiger partial charge in [0, 0.05) is 12.1 Å². The zero-order valence-electron chi connectivity index (χ0n) is 11.9. The number of carbonyl (C=O) groups excluding carboxylic acids is 1. The fraction of sp³-hybridized carbons (Fsp3) is 0.500. The first-order chi connectivity index (χ1) is 9.36. The van der Waals surface area contributed by atoms with Crippen molar-refractivity contribution in [2.75, 3.05) is 7.11 Å². The molecule has 0 aliphatic rings. The molecule has 6 nitrogen and oxygen atoms in total. The highest BCUT2D eigenvalue weighted by Gasteiger charge is 2.21. The topological polar surface area (TPSA) is 99.0 Å². The Labute approximate surface area is 118 Å². The molecule has 0 aliphatic carbocycles. The molecule has 0 aromatic heterocycles. The molecule has 1 atom stereocenters. The number of hydrogen-bond donors (Lipinski definition) is 4. The molecule has 6 heteroatoms. The maximum atomic E-state index is 11.6. The first kappa shape index (κ1) is 16.1. The van der Waals surface area contributed by atoms with Crippen molar-refractivity contribution < 1.29 is 24.9 Å². The van der Waals surface area contributed by atoms with Crippen molar-refractivity contribution in [3.05, 3.63) is 17.7 Å². The first-order valence-corrected chi connectivity index (χ1v) is 6.40. The van der Waals surface area contributed by atoms with E-state index in [4.69, 9.17) is 4.74 Å². The zero-order valence-corrected chi connectivity index (χ0v) is 11.9. The molecule has 20 heavy (non-hydrogen) atoms. The third kappa shape index (κ3) is 4.03. The molecule has 0 aliphatic heterocycles.